The minimum Gasteiger partial charge on any atom is -0.496 e. The van der Waals surface area contributed by atoms with E-state index in [9.17, 15) is 4.79 Å². The Labute approximate surface area is 159 Å². The lowest BCUT2D eigenvalue weighted by Crippen LogP contribution is -2.35. The summed E-state index contributed by atoms with van der Waals surface area (Å²) in [6.45, 7) is 8.15. The van der Waals surface area contributed by atoms with Gasteiger partial charge in [0.2, 0.25) is 0 Å². The molecule has 1 N–H and O–H groups in total. The largest absolute Gasteiger partial charge is 0.496 e. The van der Waals surface area contributed by atoms with Crippen LogP contribution in [0.5, 0.6) is 5.75 Å². The number of methoxy groups -OCH3 is 1. The van der Waals surface area contributed by atoms with Gasteiger partial charge in [0.1, 0.15) is 11.4 Å². The minimum absolute atomic E-state index is 0.138. The van der Waals surface area contributed by atoms with Crippen LogP contribution in [-0.2, 0) is 16.1 Å². The molecule has 6 nitrogen and oxygen atoms in total. The van der Waals surface area contributed by atoms with Gasteiger partial charge in [-0.3, -0.25) is 14.6 Å². The third kappa shape index (κ3) is 4.12. The van der Waals surface area contributed by atoms with Crippen molar-refractivity contribution >= 4 is 29.3 Å². The average Bonchev–Trinajstić information content (AvgIpc) is 2.91. The van der Waals surface area contributed by atoms with Crippen molar-refractivity contribution in [3.8, 4) is 5.75 Å². The molecule has 2 heterocycles. The molecule has 2 saturated heterocycles. The molecule has 2 aliphatic rings. The summed E-state index contributed by atoms with van der Waals surface area (Å²) in [4.78, 5) is 16.3. The molecule has 2 fully saturated rings. The summed E-state index contributed by atoms with van der Waals surface area (Å²) in [7, 11) is 1.67. The van der Waals surface area contributed by atoms with E-state index in [1.807, 2.05) is 18.2 Å². The molecular weight excluding hydrogens is 350 g/mol. The molecule has 0 saturated carbocycles. The quantitative estimate of drug-likeness (QED) is 0.466. The maximum atomic E-state index is 12.4. The van der Waals surface area contributed by atoms with Gasteiger partial charge in [0.05, 0.1) is 20.3 Å². The van der Waals surface area contributed by atoms with Gasteiger partial charge in [0, 0.05) is 31.7 Å². The highest BCUT2D eigenvalue weighted by atomic mass is 32.1. The number of carbonyl (C=O) groups excluding carboxylic acids is 1. The first-order valence-electron chi connectivity index (χ1n) is 8.55. The maximum absolute atomic E-state index is 12.4. The van der Waals surface area contributed by atoms with E-state index in [-0.39, 0.29) is 5.91 Å². The fraction of sp³-hybridized carbons (Fsp3) is 0.368. The van der Waals surface area contributed by atoms with Crippen molar-refractivity contribution in [3.63, 3.8) is 0 Å². The van der Waals surface area contributed by atoms with E-state index in [4.69, 9.17) is 21.7 Å². The average molecular weight is 373 g/mol. The topological polar surface area (TPSA) is 54.0 Å². The van der Waals surface area contributed by atoms with E-state index in [2.05, 4.69) is 22.9 Å². The highest BCUT2D eigenvalue weighted by molar-refractivity contribution is 7.80. The number of ether oxygens (including phenoxy) is 2. The molecule has 0 bridgehead atoms. The van der Waals surface area contributed by atoms with Gasteiger partial charge in [-0.1, -0.05) is 12.1 Å². The highest BCUT2D eigenvalue weighted by Gasteiger charge is 2.29. The Morgan fingerprint density at radius 1 is 1.38 bits per heavy atom. The van der Waals surface area contributed by atoms with Gasteiger partial charge in [0.15, 0.2) is 5.11 Å². The molecule has 0 aliphatic carbocycles. The summed E-state index contributed by atoms with van der Waals surface area (Å²) in [5.41, 5.74) is 2.48. The molecule has 0 radical (unpaired) electrons. The molecule has 1 amide bonds. The fourth-order valence-electron chi connectivity index (χ4n) is 3.05. The first-order chi connectivity index (χ1) is 12.6. The molecule has 26 heavy (non-hydrogen) atoms. The van der Waals surface area contributed by atoms with Crippen LogP contribution in [0.4, 0.5) is 0 Å². The van der Waals surface area contributed by atoms with E-state index >= 15 is 0 Å². The summed E-state index contributed by atoms with van der Waals surface area (Å²) in [5, 5.41) is 3.39. The van der Waals surface area contributed by atoms with E-state index in [1.54, 1.807) is 13.2 Å². The molecule has 2 aliphatic heterocycles. The van der Waals surface area contributed by atoms with E-state index in [1.165, 1.54) is 4.90 Å². The van der Waals surface area contributed by atoms with Crippen LogP contribution in [0.15, 0.2) is 36.6 Å². The first-order valence-corrected chi connectivity index (χ1v) is 8.95. The second-order valence-electron chi connectivity index (χ2n) is 6.15. The normalized spacial score (nSPS) is 19.7. The number of nitrogens with one attached hydrogen (secondary N) is 1. The molecular formula is C19H23N3O3S. The van der Waals surface area contributed by atoms with Crippen molar-refractivity contribution in [2.45, 2.75) is 6.54 Å². The van der Waals surface area contributed by atoms with Crippen molar-refractivity contribution < 1.29 is 14.3 Å². The Balaban J connectivity index is 1.82. The predicted molar refractivity (Wildman–Crippen MR) is 105 cm³/mol. The van der Waals surface area contributed by atoms with Crippen LogP contribution in [-0.4, -0.2) is 60.8 Å². The van der Waals surface area contributed by atoms with Crippen LogP contribution in [0.2, 0.25) is 0 Å². The van der Waals surface area contributed by atoms with Crippen molar-refractivity contribution in [2.24, 2.45) is 0 Å². The Hall–Kier alpha value is -2.22. The Bertz CT molecular complexity index is 742. The molecule has 138 valence electrons. The second kappa shape index (κ2) is 8.44. The Morgan fingerprint density at radius 3 is 2.85 bits per heavy atom. The molecule has 0 spiro atoms. The summed E-state index contributed by atoms with van der Waals surface area (Å²) in [5.74, 6) is 0.702. The van der Waals surface area contributed by atoms with Crippen molar-refractivity contribution in [2.75, 3.05) is 40.0 Å². The Morgan fingerprint density at radius 2 is 2.15 bits per heavy atom. The molecule has 0 unspecified atom stereocenters. The predicted octanol–water partition coefficient (Wildman–Crippen LogP) is 1.77. The lowest BCUT2D eigenvalue weighted by Gasteiger charge is -2.27. The lowest BCUT2D eigenvalue weighted by molar-refractivity contribution is -0.122. The fourth-order valence-corrected chi connectivity index (χ4v) is 3.31. The van der Waals surface area contributed by atoms with Gasteiger partial charge in [0.25, 0.3) is 5.91 Å². The third-order valence-electron chi connectivity index (χ3n) is 4.39. The number of benzene rings is 1. The molecule has 7 heteroatoms. The SMILES string of the molecule is C=CCN1C(=O)/C(=C/c2ccc(OC)c(CN3CCOCC3)c2)NC1=S. The van der Waals surface area contributed by atoms with Gasteiger partial charge < -0.3 is 14.8 Å². The smallest absolute Gasteiger partial charge is 0.276 e. The molecule has 0 atom stereocenters. The summed E-state index contributed by atoms with van der Waals surface area (Å²) < 4.78 is 10.9. The lowest BCUT2D eigenvalue weighted by atomic mass is 10.1. The van der Waals surface area contributed by atoms with E-state index in [0.29, 0.717) is 17.4 Å². The maximum Gasteiger partial charge on any atom is 0.276 e. The Kier molecular flexibility index (Phi) is 6.03. The van der Waals surface area contributed by atoms with Gasteiger partial charge >= 0.3 is 0 Å². The number of hydrogen-bond donors (Lipinski definition) is 1. The number of hydrogen-bond acceptors (Lipinski definition) is 5. The van der Waals surface area contributed by atoms with Gasteiger partial charge in [-0.25, -0.2) is 0 Å². The number of carbonyl (C=O) groups is 1. The molecule has 3 rings (SSSR count). The zero-order valence-electron chi connectivity index (χ0n) is 14.9. The number of rotatable bonds is 6. The zero-order valence-corrected chi connectivity index (χ0v) is 15.7. The summed E-state index contributed by atoms with van der Waals surface area (Å²) >= 11 is 5.22. The van der Waals surface area contributed by atoms with Gasteiger partial charge in [-0.2, -0.15) is 0 Å². The second-order valence-corrected chi connectivity index (χ2v) is 6.54. The zero-order chi connectivity index (χ0) is 18.5. The van der Waals surface area contributed by atoms with Crippen LogP contribution in [0.3, 0.4) is 0 Å². The molecule has 1 aromatic rings. The van der Waals surface area contributed by atoms with Crippen LogP contribution in [0.25, 0.3) is 6.08 Å². The molecule has 0 aromatic heterocycles. The molecule has 1 aromatic carbocycles. The number of amides is 1. The van der Waals surface area contributed by atoms with Gasteiger partial charge in [-0.15, -0.1) is 6.58 Å². The summed E-state index contributed by atoms with van der Waals surface area (Å²) in [6.07, 6.45) is 3.47. The number of nitrogens with zero attached hydrogens (tertiary/aromatic N) is 2. The van der Waals surface area contributed by atoms with Crippen molar-refractivity contribution in [1.82, 2.24) is 15.1 Å². The van der Waals surface area contributed by atoms with Crippen LogP contribution in [0, 0.1) is 0 Å². The van der Waals surface area contributed by atoms with Crippen LogP contribution in [0.1, 0.15) is 11.1 Å². The van der Waals surface area contributed by atoms with Crippen molar-refractivity contribution in [1.29, 1.82) is 0 Å². The first kappa shape index (κ1) is 18.6. The van der Waals surface area contributed by atoms with E-state index < -0.39 is 0 Å². The standard InChI is InChI=1S/C19H23N3O3S/c1-3-6-22-18(23)16(20-19(22)26)12-14-4-5-17(24-2)15(11-14)13-21-7-9-25-10-8-21/h3-5,11-12H,1,6-10,13H2,2H3,(H,20,26)/b16-12-. The highest BCUT2D eigenvalue weighted by Crippen LogP contribution is 2.24. The monoisotopic (exact) mass is 373 g/mol. The van der Waals surface area contributed by atoms with Crippen LogP contribution < -0.4 is 10.1 Å². The van der Waals surface area contributed by atoms with E-state index in [0.717, 1.165) is 49.7 Å². The third-order valence-corrected chi connectivity index (χ3v) is 4.71. The number of morpholine rings is 1. The van der Waals surface area contributed by atoms with Crippen molar-refractivity contribution in [3.05, 3.63) is 47.7 Å². The number of thiocarbonyl (C=S) groups is 1. The minimum atomic E-state index is -0.138. The van der Waals surface area contributed by atoms with Crippen LogP contribution >= 0.6 is 12.2 Å². The van der Waals surface area contributed by atoms with Gasteiger partial charge in [-0.05, 0) is 36.0 Å². The summed E-state index contributed by atoms with van der Waals surface area (Å²) in [6, 6.07) is 5.92.